The normalized spacial score (nSPS) is 12.0. The molecule has 0 aliphatic heterocycles. The minimum Gasteiger partial charge on any atom is -0.481 e. The Balaban J connectivity index is 1.86. The Labute approximate surface area is 146 Å². The Kier molecular flexibility index (Phi) is 6.21. The average molecular weight is 346 g/mol. The Morgan fingerprint density at radius 3 is 2.38 bits per heavy atom. The lowest BCUT2D eigenvalue weighted by atomic mass is 10.2. The SMILES string of the molecule is C[C@H](Oc1ccc(Cl)cc1)C(=O)NN=Cc1ccc(N(C)C)cc1. The molecule has 0 saturated heterocycles. The van der Waals surface area contributed by atoms with Crippen molar-refractivity contribution in [1.29, 1.82) is 0 Å². The van der Waals surface area contributed by atoms with Crippen molar-refractivity contribution >= 4 is 29.4 Å². The van der Waals surface area contributed by atoms with Gasteiger partial charge in [-0.2, -0.15) is 5.10 Å². The summed E-state index contributed by atoms with van der Waals surface area (Å²) < 4.78 is 5.53. The first kappa shape index (κ1) is 17.8. The van der Waals surface area contributed by atoms with E-state index in [2.05, 4.69) is 10.5 Å². The molecule has 0 radical (unpaired) electrons. The molecule has 2 aromatic carbocycles. The molecule has 5 nitrogen and oxygen atoms in total. The van der Waals surface area contributed by atoms with E-state index in [0.717, 1.165) is 11.3 Å². The third-order valence-corrected chi connectivity index (χ3v) is 3.55. The van der Waals surface area contributed by atoms with E-state index in [1.165, 1.54) is 0 Å². The summed E-state index contributed by atoms with van der Waals surface area (Å²) in [7, 11) is 3.96. The molecule has 0 unspecified atom stereocenters. The van der Waals surface area contributed by atoms with Gasteiger partial charge in [-0.3, -0.25) is 4.79 Å². The number of nitrogens with zero attached hydrogens (tertiary/aromatic N) is 2. The number of carbonyl (C=O) groups is 1. The van der Waals surface area contributed by atoms with Crippen LogP contribution in [0.5, 0.6) is 5.75 Å². The molecule has 126 valence electrons. The lowest BCUT2D eigenvalue weighted by Crippen LogP contribution is -2.33. The van der Waals surface area contributed by atoms with E-state index < -0.39 is 6.10 Å². The van der Waals surface area contributed by atoms with Gasteiger partial charge in [0.05, 0.1) is 6.21 Å². The highest BCUT2D eigenvalue weighted by Crippen LogP contribution is 2.16. The zero-order valence-corrected chi connectivity index (χ0v) is 14.6. The van der Waals surface area contributed by atoms with Crippen molar-refractivity contribution in [3.05, 3.63) is 59.1 Å². The molecule has 24 heavy (non-hydrogen) atoms. The zero-order chi connectivity index (χ0) is 17.5. The third kappa shape index (κ3) is 5.28. The molecular formula is C18H20ClN3O2. The monoisotopic (exact) mass is 345 g/mol. The molecule has 0 aromatic heterocycles. The number of nitrogens with one attached hydrogen (secondary N) is 1. The Hall–Kier alpha value is -2.53. The van der Waals surface area contributed by atoms with Crippen LogP contribution in [0.4, 0.5) is 5.69 Å². The van der Waals surface area contributed by atoms with Gasteiger partial charge < -0.3 is 9.64 Å². The molecular weight excluding hydrogens is 326 g/mol. The topological polar surface area (TPSA) is 53.9 Å². The van der Waals surface area contributed by atoms with Crippen LogP contribution in [0.15, 0.2) is 53.6 Å². The van der Waals surface area contributed by atoms with Crippen LogP contribution < -0.4 is 15.1 Å². The molecule has 1 atom stereocenters. The van der Waals surface area contributed by atoms with Crippen LogP contribution in [0.2, 0.25) is 5.02 Å². The summed E-state index contributed by atoms with van der Waals surface area (Å²) in [6.45, 7) is 1.66. The highest BCUT2D eigenvalue weighted by molar-refractivity contribution is 6.30. The van der Waals surface area contributed by atoms with E-state index in [1.807, 2.05) is 43.3 Å². The summed E-state index contributed by atoms with van der Waals surface area (Å²) >= 11 is 5.81. The van der Waals surface area contributed by atoms with Crippen molar-refractivity contribution in [2.24, 2.45) is 5.10 Å². The van der Waals surface area contributed by atoms with Gasteiger partial charge in [0, 0.05) is 24.8 Å². The molecule has 2 aromatic rings. The molecule has 0 saturated carbocycles. The quantitative estimate of drug-likeness (QED) is 0.645. The molecule has 2 rings (SSSR count). The number of ether oxygens (including phenoxy) is 1. The largest absolute Gasteiger partial charge is 0.481 e. The highest BCUT2D eigenvalue weighted by Gasteiger charge is 2.13. The van der Waals surface area contributed by atoms with Crippen molar-refractivity contribution in [2.45, 2.75) is 13.0 Å². The second kappa shape index (κ2) is 8.36. The fourth-order valence-corrected chi connectivity index (χ4v) is 2.02. The van der Waals surface area contributed by atoms with Crippen LogP contribution >= 0.6 is 11.6 Å². The van der Waals surface area contributed by atoms with E-state index in [1.54, 1.807) is 37.4 Å². The van der Waals surface area contributed by atoms with Gasteiger partial charge >= 0.3 is 0 Å². The number of halogens is 1. The molecule has 1 N–H and O–H groups in total. The van der Waals surface area contributed by atoms with Crippen LogP contribution in [0, 0.1) is 0 Å². The number of rotatable bonds is 6. The summed E-state index contributed by atoms with van der Waals surface area (Å²) in [6, 6.07) is 14.7. The maximum absolute atomic E-state index is 12.0. The number of benzene rings is 2. The fourth-order valence-electron chi connectivity index (χ4n) is 1.89. The fraction of sp³-hybridized carbons (Fsp3) is 0.222. The molecule has 0 aliphatic carbocycles. The van der Waals surface area contributed by atoms with Gasteiger partial charge in [-0.15, -0.1) is 0 Å². The first-order valence-electron chi connectivity index (χ1n) is 7.48. The predicted octanol–water partition coefficient (Wildman–Crippen LogP) is 3.32. The van der Waals surface area contributed by atoms with Crippen molar-refractivity contribution in [3.63, 3.8) is 0 Å². The highest BCUT2D eigenvalue weighted by atomic mass is 35.5. The average Bonchev–Trinajstić information content (AvgIpc) is 2.57. The number of anilines is 1. The summed E-state index contributed by atoms with van der Waals surface area (Å²) in [6.07, 6.45) is 0.922. The van der Waals surface area contributed by atoms with E-state index in [-0.39, 0.29) is 5.91 Å². The van der Waals surface area contributed by atoms with Crippen molar-refractivity contribution in [1.82, 2.24) is 5.43 Å². The van der Waals surface area contributed by atoms with Gasteiger partial charge in [-0.25, -0.2) is 5.43 Å². The Bertz CT molecular complexity index is 697. The first-order valence-corrected chi connectivity index (χ1v) is 7.86. The third-order valence-electron chi connectivity index (χ3n) is 3.29. The van der Waals surface area contributed by atoms with Crippen LogP contribution in [0.3, 0.4) is 0 Å². The molecule has 0 aliphatic rings. The number of hydrazone groups is 1. The lowest BCUT2D eigenvalue weighted by Gasteiger charge is -2.13. The minimum absolute atomic E-state index is 0.328. The molecule has 0 fully saturated rings. The summed E-state index contributed by atoms with van der Waals surface area (Å²) in [5.41, 5.74) is 4.46. The molecule has 0 bridgehead atoms. The number of hydrogen-bond donors (Lipinski definition) is 1. The lowest BCUT2D eigenvalue weighted by molar-refractivity contribution is -0.127. The predicted molar refractivity (Wildman–Crippen MR) is 98.0 cm³/mol. The summed E-state index contributed by atoms with van der Waals surface area (Å²) in [4.78, 5) is 14.0. The zero-order valence-electron chi connectivity index (χ0n) is 13.9. The number of amides is 1. The van der Waals surface area contributed by atoms with Gasteiger partial charge in [0.2, 0.25) is 0 Å². The second-order valence-electron chi connectivity index (χ2n) is 5.43. The Morgan fingerprint density at radius 1 is 1.17 bits per heavy atom. The standard InChI is InChI=1S/C18H20ClN3O2/c1-13(24-17-10-6-15(19)7-11-17)18(23)21-20-12-14-4-8-16(9-5-14)22(2)3/h4-13H,1-3H3,(H,21,23)/t13-/m0/s1. The van der Waals surface area contributed by atoms with Gasteiger partial charge in [0.25, 0.3) is 5.91 Å². The van der Waals surface area contributed by atoms with Gasteiger partial charge in [-0.05, 0) is 48.9 Å². The van der Waals surface area contributed by atoms with Gasteiger partial charge in [0.15, 0.2) is 6.10 Å². The maximum Gasteiger partial charge on any atom is 0.280 e. The minimum atomic E-state index is -0.667. The number of hydrogen-bond acceptors (Lipinski definition) is 4. The van der Waals surface area contributed by atoms with Crippen molar-refractivity contribution < 1.29 is 9.53 Å². The van der Waals surface area contributed by atoms with Crippen LogP contribution in [-0.4, -0.2) is 32.3 Å². The van der Waals surface area contributed by atoms with E-state index >= 15 is 0 Å². The van der Waals surface area contributed by atoms with Gasteiger partial charge in [-0.1, -0.05) is 23.7 Å². The van der Waals surface area contributed by atoms with Crippen molar-refractivity contribution in [3.8, 4) is 5.75 Å². The Morgan fingerprint density at radius 2 is 1.79 bits per heavy atom. The smallest absolute Gasteiger partial charge is 0.280 e. The first-order chi connectivity index (χ1) is 11.5. The molecule has 6 heteroatoms. The summed E-state index contributed by atoms with van der Waals surface area (Å²) in [5.74, 6) is 0.247. The van der Waals surface area contributed by atoms with E-state index in [4.69, 9.17) is 16.3 Å². The summed E-state index contributed by atoms with van der Waals surface area (Å²) in [5, 5.41) is 4.57. The molecule has 0 heterocycles. The van der Waals surface area contributed by atoms with Crippen LogP contribution in [0.25, 0.3) is 0 Å². The van der Waals surface area contributed by atoms with Crippen LogP contribution in [-0.2, 0) is 4.79 Å². The van der Waals surface area contributed by atoms with Gasteiger partial charge in [0.1, 0.15) is 5.75 Å². The molecule has 0 spiro atoms. The maximum atomic E-state index is 12.0. The molecule has 1 amide bonds. The van der Waals surface area contributed by atoms with Crippen molar-refractivity contribution in [2.75, 3.05) is 19.0 Å². The second-order valence-corrected chi connectivity index (χ2v) is 5.87. The van der Waals surface area contributed by atoms with Crippen LogP contribution in [0.1, 0.15) is 12.5 Å². The van der Waals surface area contributed by atoms with E-state index in [0.29, 0.717) is 10.8 Å². The van der Waals surface area contributed by atoms with E-state index in [9.17, 15) is 4.79 Å². The number of carbonyl (C=O) groups excluding carboxylic acids is 1.